The average Bonchev–Trinajstić information content (AvgIpc) is 3.18. The number of aliphatic hydroxyl groups is 12. The Labute approximate surface area is 340 Å². The molecule has 60 heavy (non-hydrogen) atoms. The van der Waals surface area contributed by atoms with Crippen LogP contribution in [0.5, 0.6) is 0 Å². The van der Waals surface area contributed by atoms with E-state index in [-0.39, 0.29) is 0 Å². The van der Waals surface area contributed by atoms with Crippen molar-refractivity contribution in [2.45, 2.75) is 155 Å². The molecule has 16 N–H and O–H groups in total. The minimum absolute atomic E-state index is 0.716. The van der Waals surface area contributed by atoms with Gasteiger partial charge in [-0.25, -0.2) is 4.79 Å². The van der Waals surface area contributed by atoms with Crippen molar-refractivity contribution in [2.75, 3.05) is 26.4 Å². The van der Waals surface area contributed by atoms with Crippen molar-refractivity contribution in [3.8, 4) is 0 Å². The van der Waals surface area contributed by atoms with Crippen LogP contribution in [0.2, 0.25) is 0 Å². The SMILES string of the molecule is CC(=O)N[C@@H]1[C@@H](O[C@@H]2O[C@H](CO)[C@H](O[C@H]3O[C@H](CO)[C@H](O)[C@H](O)[C@H]3NC(C)=O)[C@H](O)[C@H]2O)[C@@H](O)[C@@H](CO[C@]2(C(=O)O)C[C@H](O)[C@@H](NC(C)=O)[C@H]([C@H](O)[C@H](O)CO)O2)O[C@@H]1O. The Kier molecular flexibility index (Phi) is 17.4. The molecule has 4 aliphatic heterocycles. The summed E-state index contributed by atoms with van der Waals surface area (Å²) in [6.45, 7) is -0.803. The van der Waals surface area contributed by atoms with Crippen LogP contribution in [0.15, 0.2) is 0 Å². The van der Waals surface area contributed by atoms with Crippen LogP contribution in [0.25, 0.3) is 0 Å². The number of carbonyl (C=O) groups is 4. The molecule has 27 heteroatoms. The molecule has 0 aromatic heterocycles. The fraction of sp³-hybridized carbons (Fsp3) is 0.879. The van der Waals surface area contributed by atoms with Crippen molar-refractivity contribution in [3.05, 3.63) is 0 Å². The summed E-state index contributed by atoms with van der Waals surface area (Å²) in [4.78, 5) is 48.6. The second-order valence-electron chi connectivity index (χ2n) is 14.8. The molecule has 4 heterocycles. The highest BCUT2D eigenvalue weighted by Gasteiger charge is 2.58. The van der Waals surface area contributed by atoms with Gasteiger partial charge in [-0.05, 0) is 0 Å². The van der Waals surface area contributed by atoms with Gasteiger partial charge in [0.15, 0.2) is 18.9 Å². The van der Waals surface area contributed by atoms with Gasteiger partial charge in [0, 0.05) is 27.2 Å². The number of aliphatic carboxylic acids is 1. The molecule has 3 amide bonds. The third kappa shape index (κ3) is 11.0. The number of hydrogen-bond donors (Lipinski definition) is 16. The molecule has 0 saturated carbocycles. The molecule has 4 fully saturated rings. The number of carboxylic acids is 1. The first-order chi connectivity index (χ1) is 28.1. The highest BCUT2D eigenvalue weighted by atomic mass is 16.8. The normalized spacial score (nSPS) is 43.3. The highest BCUT2D eigenvalue weighted by molar-refractivity contribution is 5.76. The summed E-state index contributed by atoms with van der Waals surface area (Å²) >= 11 is 0. The zero-order valence-electron chi connectivity index (χ0n) is 32.4. The first-order valence-electron chi connectivity index (χ1n) is 18.7. The zero-order valence-corrected chi connectivity index (χ0v) is 32.4. The molecule has 0 bridgehead atoms. The van der Waals surface area contributed by atoms with Crippen molar-refractivity contribution < 1.29 is 119 Å². The fourth-order valence-electron chi connectivity index (χ4n) is 7.34. The van der Waals surface area contributed by atoms with E-state index in [2.05, 4.69) is 16.0 Å². The fourth-order valence-corrected chi connectivity index (χ4v) is 7.34. The summed E-state index contributed by atoms with van der Waals surface area (Å²) in [5.74, 6) is -7.12. The van der Waals surface area contributed by atoms with Gasteiger partial charge in [0.05, 0.1) is 38.6 Å². The molecule has 4 saturated heterocycles. The van der Waals surface area contributed by atoms with Gasteiger partial charge in [-0.3, -0.25) is 14.4 Å². The molecule has 346 valence electrons. The first kappa shape index (κ1) is 49.8. The number of nitrogens with one attached hydrogen (secondary N) is 3. The van der Waals surface area contributed by atoms with E-state index in [1.807, 2.05) is 0 Å². The molecule has 0 aromatic rings. The monoisotopic (exact) mass is 877 g/mol. The summed E-state index contributed by atoms with van der Waals surface area (Å²) in [6, 6.07) is -4.75. The second kappa shape index (κ2) is 21.0. The number of ether oxygens (including phenoxy) is 7. The molecule has 27 nitrogen and oxygen atoms in total. The lowest BCUT2D eigenvalue weighted by Gasteiger charge is -2.49. The lowest BCUT2D eigenvalue weighted by molar-refractivity contribution is -0.367. The number of carboxylic acid groups (broad SMARTS) is 1. The van der Waals surface area contributed by atoms with Crippen LogP contribution in [0, 0.1) is 0 Å². The molecule has 0 aromatic carbocycles. The van der Waals surface area contributed by atoms with E-state index in [1.54, 1.807) is 0 Å². The molecule has 0 spiro atoms. The Morgan fingerprint density at radius 2 is 1.22 bits per heavy atom. The van der Waals surface area contributed by atoms with Crippen LogP contribution < -0.4 is 16.0 Å². The Balaban J connectivity index is 1.57. The Hall–Kier alpha value is -2.88. The van der Waals surface area contributed by atoms with Crippen LogP contribution in [-0.2, 0) is 52.3 Å². The maximum Gasteiger partial charge on any atom is 0.364 e. The molecule has 0 unspecified atom stereocenters. The van der Waals surface area contributed by atoms with E-state index >= 15 is 0 Å². The number of aliphatic hydroxyl groups excluding tert-OH is 12. The summed E-state index contributed by atoms with van der Waals surface area (Å²) in [5, 5.41) is 144. The van der Waals surface area contributed by atoms with Crippen molar-refractivity contribution >= 4 is 23.7 Å². The van der Waals surface area contributed by atoms with Crippen LogP contribution in [-0.4, -0.2) is 245 Å². The van der Waals surface area contributed by atoms with Gasteiger partial charge < -0.3 is 115 Å². The van der Waals surface area contributed by atoms with E-state index in [9.17, 15) is 85.6 Å². The van der Waals surface area contributed by atoms with E-state index in [0.717, 1.165) is 20.8 Å². The third-order valence-electron chi connectivity index (χ3n) is 10.4. The van der Waals surface area contributed by atoms with Crippen molar-refractivity contribution in [1.82, 2.24) is 16.0 Å². The van der Waals surface area contributed by atoms with Crippen molar-refractivity contribution in [2.24, 2.45) is 0 Å². The third-order valence-corrected chi connectivity index (χ3v) is 10.4. The first-order valence-corrected chi connectivity index (χ1v) is 18.7. The Morgan fingerprint density at radius 1 is 0.667 bits per heavy atom. The van der Waals surface area contributed by atoms with Gasteiger partial charge in [-0.2, -0.15) is 0 Å². The second-order valence-corrected chi connectivity index (χ2v) is 14.8. The van der Waals surface area contributed by atoms with E-state index in [4.69, 9.17) is 33.2 Å². The van der Waals surface area contributed by atoms with Crippen molar-refractivity contribution in [3.63, 3.8) is 0 Å². The quantitative estimate of drug-likeness (QED) is 0.0684. The molecule has 0 radical (unpaired) electrons. The van der Waals surface area contributed by atoms with E-state index in [1.165, 1.54) is 0 Å². The van der Waals surface area contributed by atoms with Gasteiger partial charge >= 0.3 is 5.97 Å². The van der Waals surface area contributed by atoms with Gasteiger partial charge in [0.25, 0.3) is 5.79 Å². The predicted molar refractivity (Wildman–Crippen MR) is 186 cm³/mol. The molecule has 4 rings (SSSR count). The molecule has 21 atom stereocenters. The lowest BCUT2D eigenvalue weighted by atomic mass is 9.88. The van der Waals surface area contributed by atoms with Crippen LogP contribution in [0.3, 0.4) is 0 Å². The van der Waals surface area contributed by atoms with E-state index in [0.29, 0.717) is 0 Å². The summed E-state index contributed by atoms with van der Waals surface area (Å²) < 4.78 is 39.2. The summed E-state index contributed by atoms with van der Waals surface area (Å²) in [6.07, 6.45) is -33.1. The van der Waals surface area contributed by atoms with E-state index < -0.39 is 185 Å². The number of carbonyl (C=O) groups excluding carboxylic acids is 3. The summed E-state index contributed by atoms with van der Waals surface area (Å²) in [5.41, 5.74) is 0. The largest absolute Gasteiger partial charge is 0.477 e. The van der Waals surface area contributed by atoms with Gasteiger partial charge in [0.2, 0.25) is 17.7 Å². The standard InChI is InChI=1S/C33H55N3O24/c1-9(40)34-17-12(43)4-33(32(52)53,60-28(17)20(45)13(44)5-37)54-8-16-22(47)27(19(29(51)55-16)36-11(3)42)59-31-25(50)24(49)26(15(7-39)57-31)58-30-18(35-10(2)41)23(48)21(46)14(6-38)56-30/h12-31,37-39,43-51H,4-8H2,1-3H3,(H,34,40)(H,35,41)(H,36,42)(H,52,53)/t12-,13+,14+,15+,16+,17+,18+,19+,20+,21-,22-,23+,24+,25+,26-,27+,28+,29-,30+,31-,33+/m0/s1. The molecule has 0 aliphatic carbocycles. The number of amides is 3. The summed E-state index contributed by atoms with van der Waals surface area (Å²) in [7, 11) is 0. The molecule has 4 aliphatic rings. The number of hydrogen-bond acceptors (Lipinski definition) is 23. The van der Waals surface area contributed by atoms with Gasteiger partial charge in [-0.1, -0.05) is 0 Å². The lowest BCUT2D eigenvalue weighted by Crippen LogP contribution is -2.70. The Morgan fingerprint density at radius 3 is 1.77 bits per heavy atom. The van der Waals surface area contributed by atoms with Crippen LogP contribution in [0.1, 0.15) is 27.2 Å². The smallest absolute Gasteiger partial charge is 0.364 e. The molecular weight excluding hydrogens is 822 g/mol. The topological polar surface area (TPSA) is 432 Å². The maximum absolute atomic E-state index is 12.7. The Bertz CT molecular complexity index is 1470. The average molecular weight is 878 g/mol. The highest BCUT2D eigenvalue weighted by Crippen LogP contribution is 2.36. The molecular formula is C33H55N3O24. The minimum atomic E-state index is -2.92. The zero-order chi connectivity index (χ0) is 45.0. The predicted octanol–water partition coefficient (Wildman–Crippen LogP) is -10.1. The van der Waals surface area contributed by atoms with Crippen LogP contribution in [0.4, 0.5) is 0 Å². The van der Waals surface area contributed by atoms with Crippen LogP contribution >= 0.6 is 0 Å². The van der Waals surface area contributed by atoms with Crippen molar-refractivity contribution in [1.29, 1.82) is 0 Å². The minimum Gasteiger partial charge on any atom is -0.477 e. The van der Waals surface area contributed by atoms with Gasteiger partial charge in [0.1, 0.15) is 91.4 Å². The number of rotatable bonds is 16. The maximum atomic E-state index is 12.7. The van der Waals surface area contributed by atoms with Gasteiger partial charge in [-0.15, -0.1) is 0 Å².